The number of amides is 2. The van der Waals surface area contributed by atoms with Crippen molar-refractivity contribution < 1.29 is 9.59 Å². The minimum atomic E-state index is -0.335. The third kappa shape index (κ3) is 36.4. The number of carbonyl (C=O) groups excluding carboxylic acids is 2. The minimum Gasteiger partial charge on any atom is -0.366 e. The summed E-state index contributed by atoms with van der Waals surface area (Å²) in [6, 6.07) is 0. The first-order valence-electron chi connectivity index (χ1n) is 17.0. The van der Waals surface area contributed by atoms with E-state index in [1.165, 1.54) is 186 Å². The van der Waals surface area contributed by atoms with Gasteiger partial charge in [-0.05, 0) is 37.8 Å². The normalized spacial score (nSPS) is 11.7. The van der Waals surface area contributed by atoms with E-state index in [4.69, 9.17) is 11.5 Å². The Morgan fingerprint density at radius 3 is 0.615 bits per heavy atom. The van der Waals surface area contributed by atoms with Crippen molar-refractivity contribution in [2.45, 2.75) is 186 Å². The van der Waals surface area contributed by atoms with E-state index >= 15 is 0 Å². The molecular weight excluding hydrogens is 480 g/mol. The number of carbonyl (C=O) groups is 2. The zero-order valence-corrected chi connectivity index (χ0v) is 25.8. The largest absolute Gasteiger partial charge is 0.366 e. The summed E-state index contributed by atoms with van der Waals surface area (Å²) >= 11 is 0. The summed E-state index contributed by atoms with van der Waals surface area (Å²) in [4.78, 5) is 21.2. The Kier molecular flexibility index (Phi) is 31.3. The quantitative estimate of drug-likeness (QED) is 0.0649. The van der Waals surface area contributed by atoms with Gasteiger partial charge in [-0.1, -0.05) is 173 Å². The van der Waals surface area contributed by atoms with E-state index in [1.54, 1.807) is 0 Å². The fourth-order valence-corrected chi connectivity index (χ4v) is 5.34. The lowest BCUT2D eigenvalue weighted by atomic mass is 10.0. The highest BCUT2D eigenvalue weighted by Gasteiger charge is 1.97. The first kappa shape index (κ1) is 37.4. The molecule has 0 aliphatic heterocycles. The lowest BCUT2D eigenvalue weighted by molar-refractivity contribution is -0.114. The summed E-state index contributed by atoms with van der Waals surface area (Å²) in [6.07, 6.45) is 46.1. The van der Waals surface area contributed by atoms with E-state index in [9.17, 15) is 9.59 Å². The van der Waals surface area contributed by atoms with Gasteiger partial charge in [0, 0.05) is 0 Å². The molecule has 0 aliphatic carbocycles. The van der Waals surface area contributed by atoms with Gasteiger partial charge in [-0.25, -0.2) is 0 Å². The molecule has 0 aromatic rings. The second kappa shape index (κ2) is 32.6. The number of primary amides is 2. The van der Waals surface area contributed by atoms with E-state index in [0.29, 0.717) is 0 Å². The Hall–Kier alpha value is -1.58. The van der Waals surface area contributed by atoms with Crippen molar-refractivity contribution in [3.05, 3.63) is 24.3 Å². The summed E-state index contributed by atoms with van der Waals surface area (Å²) in [7, 11) is 0. The maximum Gasteiger partial charge on any atom is 0.241 e. The van der Waals surface area contributed by atoms with Gasteiger partial charge in [0.2, 0.25) is 11.8 Å². The van der Waals surface area contributed by atoms with Crippen LogP contribution in [0.15, 0.2) is 24.3 Å². The van der Waals surface area contributed by atoms with Crippen LogP contribution in [0.1, 0.15) is 186 Å². The van der Waals surface area contributed by atoms with Crippen LogP contribution in [-0.2, 0) is 9.59 Å². The Labute approximate surface area is 243 Å². The van der Waals surface area contributed by atoms with Gasteiger partial charge in [0.1, 0.15) is 0 Å². The van der Waals surface area contributed by atoms with Crippen molar-refractivity contribution in [1.82, 2.24) is 0 Å². The van der Waals surface area contributed by atoms with Gasteiger partial charge in [0.15, 0.2) is 0 Å². The second-order valence-corrected chi connectivity index (χ2v) is 11.7. The molecular formula is C35H66N2O2. The highest BCUT2D eigenvalue weighted by atomic mass is 16.1. The first-order valence-corrected chi connectivity index (χ1v) is 17.0. The van der Waals surface area contributed by atoms with Gasteiger partial charge in [0.05, 0.1) is 0 Å². The van der Waals surface area contributed by atoms with Crippen molar-refractivity contribution in [2.24, 2.45) is 11.5 Å². The summed E-state index contributed by atoms with van der Waals surface area (Å²) in [5.74, 6) is -0.669. The van der Waals surface area contributed by atoms with Gasteiger partial charge in [0.25, 0.3) is 0 Å². The van der Waals surface area contributed by atoms with Gasteiger partial charge >= 0.3 is 0 Å². The molecule has 0 unspecified atom stereocenters. The molecule has 0 aromatic carbocycles. The van der Waals surface area contributed by atoms with Crippen molar-refractivity contribution in [3.63, 3.8) is 0 Å². The van der Waals surface area contributed by atoms with Crippen LogP contribution in [0, 0.1) is 0 Å². The van der Waals surface area contributed by atoms with Crippen molar-refractivity contribution >= 4 is 11.8 Å². The van der Waals surface area contributed by atoms with E-state index in [2.05, 4.69) is 0 Å². The molecule has 0 heterocycles. The predicted molar refractivity (Wildman–Crippen MR) is 171 cm³/mol. The standard InChI is InChI=1S/C35H66N2O2/c36-34(38)32-30-28-26-24-22-20-18-16-14-12-10-8-6-4-2-1-3-5-7-9-11-13-15-17-19-21-23-25-27-29-31-33-35(37)39/h30-33H,1-29H2,(H2,36,38)(H2,37,39). The molecule has 0 atom stereocenters. The maximum absolute atomic E-state index is 10.6. The van der Waals surface area contributed by atoms with Crippen molar-refractivity contribution in [3.8, 4) is 0 Å². The van der Waals surface area contributed by atoms with E-state index in [1.807, 2.05) is 12.2 Å². The van der Waals surface area contributed by atoms with E-state index in [0.717, 1.165) is 12.8 Å². The lowest BCUT2D eigenvalue weighted by Gasteiger charge is -2.04. The number of allylic oxidation sites excluding steroid dienone is 2. The number of unbranched alkanes of at least 4 members (excludes halogenated alkanes) is 28. The second-order valence-electron chi connectivity index (χ2n) is 11.7. The summed E-state index contributed by atoms with van der Waals surface area (Å²) in [5, 5.41) is 0. The monoisotopic (exact) mass is 547 g/mol. The average Bonchev–Trinajstić information content (AvgIpc) is 2.91. The highest BCUT2D eigenvalue weighted by Crippen LogP contribution is 2.16. The molecule has 4 heteroatoms. The number of hydrogen-bond acceptors (Lipinski definition) is 2. The molecule has 2 amide bonds. The maximum atomic E-state index is 10.6. The molecule has 4 N–H and O–H groups in total. The summed E-state index contributed by atoms with van der Waals surface area (Å²) < 4.78 is 0. The van der Waals surface area contributed by atoms with Crippen LogP contribution >= 0.6 is 0 Å². The van der Waals surface area contributed by atoms with Gasteiger partial charge in [-0.3, -0.25) is 9.59 Å². The zero-order valence-electron chi connectivity index (χ0n) is 25.8. The molecule has 0 radical (unpaired) electrons. The van der Waals surface area contributed by atoms with Crippen LogP contribution < -0.4 is 11.5 Å². The molecule has 228 valence electrons. The number of rotatable bonds is 32. The SMILES string of the molecule is NC(=O)C=CCCCCCCCCCCCCCCCCCCCCCCCCCCCCCC=CC(N)=O. The fourth-order valence-electron chi connectivity index (χ4n) is 5.34. The molecule has 0 fully saturated rings. The Morgan fingerprint density at radius 2 is 0.462 bits per heavy atom. The van der Waals surface area contributed by atoms with Crippen LogP contribution in [0.4, 0.5) is 0 Å². The van der Waals surface area contributed by atoms with Gasteiger partial charge in [-0.2, -0.15) is 0 Å². The van der Waals surface area contributed by atoms with Gasteiger partial charge in [-0.15, -0.1) is 0 Å². The Bertz CT molecular complexity index is 535. The molecule has 0 rings (SSSR count). The molecule has 0 saturated carbocycles. The minimum absolute atomic E-state index is 0.335. The van der Waals surface area contributed by atoms with Crippen LogP contribution in [0.3, 0.4) is 0 Å². The van der Waals surface area contributed by atoms with E-state index < -0.39 is 0 Å². The molecule has 0 spiro atoms. The van der Waals surface area contributed by atoms with Crippen LogP contribution in [0.5, 0.6) is 0 Å². The van der Waals surface area contributed by atoms with Crippen LogP contribution in [0.2, 0.25) is 0 Å². The van der Waals surface area contributed by atoms with Gasteiger partial charge < -0.3 is 11.5 Å². The van der Waals surface area contributed by atoms with E-state index in [-0.39, 0.29) is 11.8 Å². The highest BCUT2D eigenvalue weighted by molar-refractivity contribution is 5.85. The zero-order chi connectivity index (χ0) is 28.5. The molecule has 0 bridgehead atoms. The van der Waals surface area contributed by atoms with Crippen LogP contribution in [0.25, 0.3) is 0 Å². The molecule has 0 aromatic heterocycles. The third-order valence-electron chi connectivity index (χ3n) is 7.81. The number of hydrogen-bond donors (Lipinski definition) is 2. The Balaban J connectivity index is 3.07. The molecule has 0 aliphatic rings. The third-order valence-corrected chi connectivity index (χ3v) is 7.81. The number of nitrogens with two attached hydrogens (primary N) is 2. The average molecular weight is 547 g/mol. The van der Waals surface area contributed by atoms with Crippen molar-refractivity contribution in [1.29, 1.82) is 0 Å². The first-order chi connectivity index (χ1) is 19.1. The smallest absolute Gasteiger partial charge is 0.241 e. The predicted octanol–water partition coefficient (Wildman–Crippen LogP) is 10.4. The molecule has 4 nitrogen and oxygen atoms in total. The lowest BCUT2D eigenvalue weighted by Crippen LogP contribution is -2.05. The van der Waals surface area contributed by atoms with Crippen LogP contribution in [-0.4, -0.2) is 11.8 Å². The Morgan fingerprint density at radius 1 is 0.308 bits per heavy atom. The fraction of sp³-hybridized carbons (Fsp3) is 0.829. The molecule has 0 saturated heterocycles. The molecule has 39 heavy (non-hydrogen) atoms. The summed E-state index contributed by atoms with van der Waals surface area (Å²) in [5.41, 5.74) is 10.2. The summed E-state index contributed by atoms with van der Waals surface area (Å²) in [6.45, 7) is 0. The topological polar surface area (TPSA) is 86.2 Å². The van der Waals surface area contributed by atoms with Crippen molar-refractivity contribution in [2.75, 3.05) is 0 Å².